The van der Waals surface area contributed by atoms with Crippen LogP contribution in [-0.2, 0) is 16.0 Å². The van der Waals surface area contributed by atoms with Gasteiger partial charge in [0.2, 0.25) is 5.91 Å². The Labute approximate surface area is 140 Å². The van der Waals surface area contributed by atoms with E-state index in [1.54, 1.807) is 24.3 Å². The summed E-state index contributed by atoms with van der Waals surface area (Å²) < 4.78 is 0. The Hall–Kier alpha value is -2.33. The zero-order valence-electron chi connectivity index (χ0n) is 12.5. The summed E-state index contributed by atoms with van der Waals surface area (Å²) >= 11 is 5.84. The monoisotopic (exact) mass is 331 g/mol. The number of amides is 1. The molecular formula is C18H18ClNO3. The van der Waals surface area contributed by atoms with Crippen LogP contribution in [0.2, 0.25) is 5.02 Å². The molecule has 0 saturated carbocycles. The molecule has 0 saturated heterocycles. The van der Waals surface area contributed by atoms with Gasteiger partial charge in [-0.3, -0.25) is 9.59 Å². The molecule has 0 spiro atoms. The Kier molecular flexibility index (Phi) is 6.18. The lowest BCUT2D eigenvalue weighted by atomic mass is 10.0. The van der Waals surface area contributed by atoms with Crippen LogP contribution in [0, 0.1) is 0 Å². The fourth-order valence-corrected chi connectivity index (χ4v) is 2.42. The van der Waals surface area contributed by atoms with Crippen molar-refractivity contribution < 1.29 is 14.7 Å². The highest BCUT2D eigenvalue weighted by Crippen LogP contribution is 2.20. The van der Waals surface area contributed by atoms with Crippen molar-refractivity contribution in [1.82, 2.24) is 5.32 Å². The second-order valence-corrected chi connectivity index (χ2v) is 5.69. The maximum atomic E-state index is 12.1. The normalized spacial score (nSPS) is 11.7. The van der Waals surface area contributed by atoms with Gasteiger partial charge in [-0.1, -0.05) is 54.1 Å². The number of nitrogens with one attached hydrogen (secondary N) is 1. The molecule has 2 aromatic rings. The molecule has 2 rings (SSSR count). The summed E-state index contributed by atoms with van der Waals surface area (Å²) in [7, 11) is 0. The molecular weight excluding hydrogens is 314 g/mol. The molecule has 0 aliphatic carbocycles. The molecule has 0 unspecified atom stereocenters. The van der Waals surface area contributed by atoms with Crippen LogP contribution < -0.4 is 5.32 Å². The number of aryl methyl sites for hydroxylation is 1. The first kappa shape index (κ1) is 17.0. The van der Waals surface area contributed by atoms with E-state index in [-0.39, 0.29) is 12.3 Å². The molecule has 1 atom stereocenters. The number of carboxylic acid groups (broad SMARTS) is 1. The summed E-state index contributed by atoms with van der Waals surface area (Å²) in [6, 6.07) is 16.0. The summed E-state index contributed by atoms with van der Waals surface area (Å²) in [4.78, 5) is 23.2. The van der Waals surface area contributed by atoms with E-state index in [9.17, 15) is 9.59 Å². The fraction of sp³-hybridized carbons (Fsp3) is 0.222. The molecule has 0 aliphatic rings. The van der Waals surface area contributed by atoms with Gasteiger partial charge in [0.1, 0.15) is 0 Å². The number of carboxylic acids is 1. The Balaban J connectivity index is 1.98. The third kappa shape index (κ3) is 5.75. The summed E-state index contributed by atoms with van der Waals surface area (Å²) in [5, 5.41) is 12.4. The van der Waals surface area contributed by atoms with Gasteiger partial charge < -0.3 is 10.4 Å². The quantitative estimate of drug-likeness (QED) is 0.814. The lowest BCUT2D eigenvalue weighted by molar-refractivity contribution is -0.137. The lowest BCUT2D eigenvalue weighted by Crippen LogP contribution is -2.30. The zero-order chi connectivity index (χ0) is 16.7. The standard InChI is InChI=1S/C18H18ClNO3/c19-15-9-7-14(8-10-15)16(12-18(22)23)20-17(21)11-6-13-4-2-1-3-5-13/h1-5,7-10,16H,6,11-12H2,(H,20,21)(H,22,23)/t16-/m0/s1. The Morgan fingerprint density at radius 1 is 1.04 bits per heavy atom. The molecule has 0 bridgehead atoms. The summed E-state index contributed by atoms with van der Waals surface area (Å²) in [6.45, 7) is 0. The van der Waals surface area contributed by atoms with E-state index in [2.05, 4.69) is 5.32 Å². The minimum absolute atomic E-state index is 0.168. The first-order chi connectivity index (χ1) is 11.0. The summed E-state index contributed by atoms with van der Waals surface area (Å²) in [5.41, 5.74) is 1.80. The number of rotatable bonds is 7. The van der Waals surface area contributed by atoms with Crippen molar-refractivity contribution in [2.45, 2.75) is 25.3 Å². The molecule has 2 aromatic carbocycles. The van der Waals surface area contributed by atoms with E-state index in [0.29, 0.717) is 17.9 Å². The molecule has 120 valence electrons. The topological polar surface area (TPSA) is 66.4 Å². The Morgan fingerprint density at radius 2 is 1.70 bits per heavy atom. The predicted octanol–water partition coefficient (Wildman–Crippen LogP) is 3.60. The molecule has 4 nitrogen and oxygen atoms in total. The minimum Gasteiger partial charge on any atom is -0.481 e. The van der Waals surface area contributed by atoms with E-state index in [4.69, 9.17) is 16.7 Å². The second kappa shape index (κ2) is 8.34. The van der Waals surface area contributed by atoms with Crippen molar-refractivity contribution in [3.63, 3.8) is 0 Å². The van der Waals surface area contributed by atoms with E-state index in [1.807, 2.05) is 30.3 Å². The van der Waals surface area contributed by atoms with Crippen LogP contribution in [0.4, 0.5) is 0 Å². The van der Waals surface area contributed by atoms with Crippen molar-refractivity contribution in [2.24, 2.45) is 0 Å². The molecule has 23 heavy (non-hydrogen) atoms. The molecule has 2 N–H and O–H groups in total. The van der Waals surface area contributed by atoms with Crippen LogP contribution in [0.5, 0.6) is 0 Å². The molecule has 0 aromatic heterocycles. The molecule has 0 fully saturated rings. The van der Waals surface area contributed by atoms with Gasteiger partial charge in [-0.2, -0.15) is 0 Å². The number of carbonyl (C=O) groups is 2. The number of carbonyl (C=O) groups excluding carboxylic acids is 1. The predicted molar refractivity (Wildman–Crippen MR) is 89.4 cm³/mol. The number of aliphatic carboxylic acids is 1. The third-order valence-corrected chi connectivity index (χ3v) is 3.72. The molecule has 0 aliphatic heterocycles. The Morgan fingerprint density at radius 3 is 2.30 bits per heavy atom. The van der Waals surface area contributed by atoms with Gasteiger partial charge in [0.05, 0.1) is 12.5 Å². The van der Waals surface area contributed by atoms with Crippen LogP contribution in [-0.4, -0.2) is 17.0 Å². The van der Waals surface area contributed by atoms with Gasteiger partial charge >= 0.3 is 5.97 Å². The van der Waals surface area contributed by atoms with Gasteiger partial charge in [0.15, 0.2) is 0 Å². The van der Waals surface area contributed by atoms with E-state index in [1.165, 1.54) is 0 Å². The van der Waals surface area contributed by atoms with Crippen molar-refractivity contribution in [2.75, 3.05) is 0 Å². The van der Waals surface area contributed by atoms with Crippen LogP contribution >= 0.6 is 11.6 Å². The number of benzene rings is 2. The number of halogens is 1. The zero-order valence-corrected chi connectivity index (χ0v) is 13.3. The first-order valence-electron chi connectivity index (χ1n) is 7.35. The van der Waals surface area contributed by atoms with E-state index >= 15 is 0 Å². The Bertz CT molecular complexity index is 656. The van der Waals surface area contributed by atoms with E-state index in [0.717, 1.165) is 11.1 Å². The van der Waals surface area contributed by atoms with Crippen molar-refractivity contribution in [3.05, 3.63) is 70.7 Å². The first-order valence-corrected chi connectivity index (χ1v) is 7.73. The average Bonchev–Trinajstić information content (AvgIpc) is 2.53. The number of hydrogen-bond acceptors (Lipinski definition) is 2. The van der Waals surface area contributed by atoms with Gasteiger partial charge in [0, 0.05) is 11.4 Å². The van der Waals surface area contributed by atoms with Crippen molar-refractivity contribution >= 4 is 23.5 Å². The van der Waals surface area contributed by atoms with Gasteiger partial charge in [0.25, 0.3) is 0 Å². The number of hydrogen-bond donors (Lipinski definition) is 2. The highest BCUT2D eigenvalue weighted by Gasteiger charge is 2.18. The minimum atomic E-state index is -0.965. The maximum Gasteiger partial charge on any atom is 0.305 e. The molecule has 5 heteroatoms. The van der Waals surface area contributed by atoms with Gasteiger partial charge in [-0.15, -0.1) is 0 Å². The smallest absolute Gasteiger partial charge is 0.305 e. The summed E-state index contributed by atoms with van der Waals surface area (Å²) in [5.74, 6) is -1.14. The van der Waals surface area contributed by atoms with Gasteiger partial charge in [-0.05, 0) is 29.7 Å². The molecule has 1 amide bonds. The van der Waals surface area contributed by atoms with E-state index < -0.39 is 12.0 Å². The van der Waals surface area contributed by atoms with Crippen LogP contribution in [0.1, 0.15) is 30.0 Å². The highest BCUT2D eigenvalue weighted by atomic mass is 35.5. The summed E-state index contributed by atoms with van der Waals surface area (Å²) in [6.07, 6.45) is 0.763. The van der Waals surface area contributed by atoms with Crippen LogP contribution in [0.25, 0.3) is 0 Å². The second-order valence-electron chi connectivity index (χ2n) is 5.26. The van der Waals surface area contributed by atoms with Crippen molar-refractivity contribution in [3.8, 4) is 0 Å². The third-order valence-electron chi connectivity index (χ3n) is 3.47. The molecule has 0 heterocycles. The van der Waals surface area contributed by atoms with Crippen LogP contribution in [0.15, 0.2) is 54.6 Å². The highest BCUT2D eigenvalue weighted by molar-refractivity contribution is 6.30. The fourth-order valence-electron chi connectivity index (χ4n) is 2.29. The van der Waals surface area contributed by atoms with Crippen LogP contribution in [0.3, 0.4) is 0 Å². The van der Waals surface area contributed by atoms with Gasteiger partial charge in [-0.25, -0.2) is 0 Å². The largest absolute Gasteiger partial charge is 0.481 e. The van der Waals surface area contributed by atoms with Crippen molar-refractivity contribution in [1.29, 1.82) is 0 Å². The average molecular weight is 332 g/mol. The molecule has 0 radical (unpaired) electrons. The lowest BCUT2D eigenvalue weighted by Gasteiger charge is -2.17. The SMILES string of the molecule is O=C(O)C[C@H](NC(=O)CCc1ccccc1)c1ccc(Cl)cc1. The maximum absolute atomic E-state index is 12.1.